The van der Waals surface area contributed by atoms with Gasteiger partial charge in [0.25, 0.3) is 5.91 Å². The second-order valence-corrected chi connectivity index (χ2v) is 6.11. The number of fused-ring (bicyclic) bond motifs is 1. The molecule has 2 aromatic rings. The summed E-state index contributed by atoms with van der Waals surface area (Å²) < 4.78 is 5.04. The Balaban J connectivity index is 1.52. The molecule has 0 radical (unpaired) electrons. The Hall–Kier alpha value is -2.89. The number of amides is 3. The molecule has 3 rings (SSSR count). The van der Waals surface area contributed by atoms with Crippen molar-refractivity contribution < 1.29 is 19.1 Å². The molecular weight excluding hydrogens is 320 g/mol. The molecule has 1 aliphatic rings. The van der Waals surface area contributed by atoms with Crippen LogP contribution in [0.2, 0.25) is 0 Å². The van der Waals surface area contributed by atoms with Gasteiger partial charge in [0.15, 0.2) is 6.61 Å². The van der Waals surface area contributed by atoms with E-state index >= 15 is 0 Å². The van der Waals surface area contributed by atoms with Crippen molar-refractivity contribution in [3.63, 3.8) is 0 Å². The largest absolute Gasteiger partial charge is 0.452 e. The zero-order valence-electron chi connectivity index (χ0n) is 13.8. The number of urea groups is 1. The highest BCUT2D eigenvalue weighted by Gasteiger charge is 2.19. The summed E-state index contributed by atoms with van der Waals surface area (Å²) in [5.41, 5.74) is 0.390. The van der Waals surface area contributed by atoms with E-state index < -0.39 is 24.5 Å². The van der Waals surface area contributed by atoms with Crippen molar-refractivity contribution in [1.82, 2.24) is 10.6 Å². The first-order valence-corrected chi connectivity index (χ1v) is 8.39. The predicted molar refractivity (Wildman–Crippen MR) is 93.2 cm³/mol. The minimum atomic E-state index is -0.649. The van der Waals surface area contributed by atoms with E-state index in [0.717, 1.165) is 36.5 Å². The van der Waals surface area contributed by atoms with Gasteiger partial charge in [0.2, 0.25) is 0 Å². The Morgan fingerprint density at radius 2 is 1.72 bits per heavy atom. The van der Waals surface area contributed by atoms with E-state index in [0.29, 0.717) is 5.56 Å². The van der Waals surface area contributed by atoms with Gasteiger partial charge in [-0.1, -0.05) is 49.2 Å². The standard InChI is InChI=1S/C19H20N2O4/c22-17(21-19(24)20-14-8-2-3-9-14)12-25-18(23)16-11-5-7-13-6-1-4-10-15(13)16/h1,4-7,10-11,14H,2-3,8-9,12H2,(H2,20,21,22,24). The fraction of sp³-hybridized carbons (Fsp3) is 0.316. The van der Waals surface area contributed by atoms with E-state index in [9.17, 15) is 14.4 Å². The summed E-state index contributed by atoms with van der Waals surface area (Å²) in [6.07, 6.45) is 4.03. The number of benzene rings is 2. The first-order chi connectivity index (χ1) is 12.1. The molecule has 3 amide bonds. The molecule has 2 N–H and O–H groups in total. The van der Waals surface area contributed by atoms with Crippen LogP contribution in [0, 0.1) is 0 Å². The average molecular weight is 340 g/mol. The van der Waals surface area contributed by atoms with Crippen molar-refractivity contribution in [1.29, 1.82) is 0 Å². The monoisotopic (exact) mass is 340 g/mol. The Morgan fingerprint density at radius 3 is 2.52 bits per heavy atom. The SMILES string of the molecule is O=C(COC(=O)c1cccc2ccccc12)NC(=O)NC1CCCC1. The summed E-state index contributed by atoms with van der Waals surface area (Å²) in [6.45, 7) is -0.500. The molecular formula is C19H20N2O4. The number of imide groups is 1. The third kappa shape index (κ3) is 4.35. The van der Waals surface area contributed by atoms with E-state index in [1.807, 2.05) is 30.3 Å². The zero-order valence-corrected chi connectivity index (χ0v) is 13.8. The first-order valence-electron chi connectivity index (χ1n) is 8.39. The smallest absolute Gasteiger partial charge is 0.339 e. The van der Waals surface area contributed by atoms with Crippen LogP contribution in [0.5, 0.6) is 0 Å². The fourth-order valence-corrected chi connectivity index (χ4v) is 3.07. The maximum atomic E-state index is 12.2. The van der Waals surface area contributed by atoms with Crippen molar-refractivity contribution in [2.24, 2.45) is 0 Å². The highest BCUT2D eigenvalue weighted by atomic mass is 16.5. The molecule has 6 nitrogen and oxygen atoms in total. The number of rotatable bonds is 4. The van der Waals surface area contributed by atoms with Crippen LogP contribution in [-0.2, 0) is 9.53 Å². The molecule has 0 bridgehead atoms. The van der Waals surface area contributed by atoms with Crippen molar-refractivity contribution in [2.45, 2.75) is 31.7 Å². The number of esters is 1. The van der Waals surface area contributed by atoms with E-state index in [4.69, 9.17) is 4.74 Å². The maximum absolute atomic E-state index is 12.2. The number of nitrogens with one attached hydrogen (secondary N) is 2. The summed E-state index contributed by atoms with van der Waals surface area (Å²) in [4.78, 5) is 35.7. The van der Waals surface area contributed by atoms with Crippen molar-refractivity contribution in [3.05, 3.63) is 48.0 Å². The van der Waals surface area contributed by atoms with Crippen molar-refractivity contribution >= 4 is 28.7 Å². The fourth-order valence-electron chi connectivity index (χ4n) is 3.07. The third-order valence-electron chi connectivity index (χ3n) is 4.29. The number of hydrogen-bond donors (Lipinski definition) is 2. The van der Waals surface area contributed by atoms with Gasteiger partial charge in [-0.25, -0.2) is 9.59 Å². The molecule has 0 saturated heterocycles. The topological polar surface area (TPSA) is 84.5 Å². The van der Waals surface area contributed by atoms with Crippen LogP contribution in [0.3, 0.4) is 0 Å². The van der Waals surface area contributed by atoms with Crippen LogP contribution < -0.4 is 10.6 Å². The molecule has 0 atom stereocenters. The summed E-state index contributed by atoms with van der Waals surface area (Å²) in [5.74, 6) is -1.24. The van der Waals surface area contributed by atoms with Gasteiger partial charge in [0, 0.05) is 6.04 Å². The van der Waals surface area contributed by atoms with Gasteiger partial charge in [0.1, 0.15) is 0 Å². The van der Waals surface area contributed by atoms with Gasteiger partial charge in [-0.3, -0.25) is 10.1 Å². The molecule has 0 aromatic heterocycles. The Morgan fingerprint density at radius 1 is 1.00 bits per heavy atom. The highest BCUT2D eigenvalue weighted by Crippen LogP contribution is 2.19. The quantitative estimate of drug-likeness (QED) is 0.838. The summed E-state index contributed by atoms with van der Waals surface area (Å²) in [7, 11) is 0. The maximum Gasteiger partial charge on any atom is 0.339 e. The molecule has 1 aliphatic carbocycles. The molecule has 6 heteroatoms. The minimum Gasteiger partial charge on any atom is -0.452 e. The predicted octanol–water partition coefficient (Wildman–Crippen LogP) is 2.77. The van der Waals surface area contributed by atoms with Gasteiger partial charge in [-0.05, 0) is 29.7 Å². The summed E-state index contributed by atoms with van der Waals surface area (Å²) in [5, 5.41) is 6.60. The van der Waals surface area contributed by atoms with Crippen LogP contribution in [0.25, 0.3) is 10.8 Å². The number of carbonyl (C=O) groups is 3. The molecule has 1 saturated carbocycles. The number of carbonyl (C=O) groups excluding carboxylic acids is 3. The minimum absolute atomic E-state index is 0.117. The lowest BCUT2D eigenvalue weighted by Gasteiger charge is -2.12. The van der Waals surface area contributed by atoms with Crippen molar-refractivity contribution in [2.75, 3.05) is 6.61 Å². The van der Waals surface area contributed by atoms with Crippen molar-refractivity contribution in [3.8, 4) is 0 Å². The molecule has 2 aromatic carbocycles. The number of ether oxygens (including phenoxy) is 1. The van der Waals surface area contributed by atoms with Gasteiger partial charge in [-0.2, -0.15) is 0 Å². The number of hydrogen-bond acceptors (Lipinski definition) is 4. The van der Waals surface area contributed by atoms with E-state index in [-0.39, 0.29) is 6.04 Å². The van der Waals surface area contributed by atoms with Gasteiger partial charge in [-0.15, -0.1) is 0 Å². The third-order valence-corrected chi connectivity index (χ3v) is 4.29. The molecule has 0 unspecified atom stereocenters. The lowest BCUT2D eigenvalue weighted by atomic mass is 10.1. The molecule has 0 heterocycles. The van der Waals surface area contributed by atoms with E-state index in [1.165, 1.54) is 0 Å². The highest BCUT2D eigenvalue weighted by molar-refractivity contribution is 6.05. The lowest BCUT2D eigenvalue weighted by molar-refractivity contribution is -0.123. The van der Waals surface area contributed by atoms with E-state index in [1.54, 1.807) is 12.1 Å². The second-order valence-electron chi connectivity index (χ2n) is 6.11. The zero-order chi connectivity index (χ0) is 17.6. The molecule has 0 aliphatic heterocycles. The molecule has 0 spiro atoms. The average Bonchev–Trinajstić information content (AvgIpc) is 3.12. The second kappa shape index (κ2) is 7.79. The Kier molecular flexibility index (Phi) is 5.28. The van der Waals surface area contributed by atoms with Crippen LogP contribution >= 0.6 is 0 Å². The lowest BCUT2D eigenvalue weighted by Crippen LogP contribution is -2.45. The normalized spacial score (nSPS) is 14.2. The summed E-state index contributed by atoms with van der Waals surface area (Å²) >= 11 is 0. The van der Waals surface area contributed by atoms with Gasteiger partial charge in [0.05, 0.1) is 5.56 Å². The molecule has 130 valence electrons. The van der Waals surface area contributed by atoms with E-state index in [2.05, 4.69) is 10.6 Å². The van der Waals surface area contributed by atoms with Gasteiger partial charge >= 0.3 is 12.0 Å². The molecule has 1 fully saturated rings. The summed E-state index contributed by atoms with van der Waals surface area (Å²) in [6, 6.07) is 12.3. The Labute approximate surface area is 145 Å². The molecule has 25 heavy (non-hydrogen) atoms. The van der Waals surface area contributed by atoms with Crippen LogP contribution in [-0.4, -0.2) is 30.6 Å². The van der Waals surface area contributed by atoms with Crippen LogP contribution in [0.15, 0.2) is 42.5 Å². The van der Waals surface area contributed by atoms with Crippen LogP contribution in [0.1, 0.15) is 36.0 Å². The van der Waals surface area contributed by atoms with Gasteiger partial charge < -0.3 is 10.1 Å². The van der Waals surface area contributed by atoms with Crippen LogP contribution in [0.4, 0.5) is 4.79 Å². The Bertz CT molecular complexity index is 792. The first kappa shape index (κ1) is 17.0.